The van der Waals surface area contributed by atoms with Gasteiger partial charge in [-0.15, -0.1) is 20.4 Å². The van der Waals surface area contributed by atoms with Crippen molar-refractivity contribution in [1.82, 2.24) is 20.4 Å². The molecule has 9 nitrogen and oxygen atoms in total. The number of anilines is 2. The quantitative estimate of drug-likeness (QED) is 0.465. The summed E-state index contributed by atoms with van der Waals surface area (Å²) in [5.41, 5.74) is 10.6. The third-order valence-corrected chi connectivity index (χ3v) is 6.27. The number of primary amides is 1. The molecule has 2 rings (SSSR count). The lowest BCUT2D eigenvalue weighted by Gasteiger charge is -2.20. The summed E-state index contributed by atoms with van der Waals surface area (Å²) in [6.07, 6.45) is 0. The van der Waals surface area contributed by atoms with Crippen LogP contribution in [0, 0.1) is 0 Å². The second kappa shape index (κ2) is 7.42. The summed E-state index contributed by atoms with van der Waals surface area (Å²) in [5, 5.41) is 18.8. The van der Waals surface area contributed by atoms with Gasteiger partial charge in [0.1, 0.15) is 0 Å². The molecule has 2 amide bonds. The minimum atomic E-state index is -0.793. The number of carbonyl (C=O) groups excluding carboxylic acids is 2. The first-order valence-corrected chi connectivity index (χ1v) is 9.54. The van der Waals surface area contributed by atoms with Gasteiger partial charge in [-0.3, -0.25) is 14.9 Å². The summed E-state index contributed by atoms with van der Waals surface area (Å²) < 4.78 is 0.372. The Morgan fingerprint density at radius 2 is 1.87 bits per heavy atom. The molecule has 0 fully saturated rings. The summed E-state index contributed by atoms with van der Waals surface area (Å²) in [6.45, 7) is 3.52. The number of hydrogen-bond donors (Lipinski definition) is 3. The largest absolute Gasteiger partial charge is 0.374 e. The molecule has 0 aliphatic carbocycles. The van der Waals surface area contributed by atoms with E-state index < -0.39 is 10.7 Å². The fraction of sp³-hybridized carbons (Fsp3) is 0.400. The molecule has 0 aromatic carbocycles. The molecule has 0 bridgehead atoms. The van der Waals surface area contributed by atoms with Crippen LogP contribution in [-0.2, 0) is 9.59 Å². The Morgan fingerprint density at radius 3 is 2.48 bits per heavy atom. The summed E-state index contributed by atoms with van der Waals surface area (Å²) in [6, 6.07) is 0. The van der Waals surface area contributed by atoms with E-state index >= 15 is 0 Å². The van der Waals surface area contributed by atoms with Crippen LogP contribution in [0.15, 0.2) is 8.68 Å². The number of amides is 2. The van der Waals surface area contributed by atoms with Gasteiger partial charge in [0.2, 0.25) is 22.1 Å². The molecule has 0 spiro atoms. The first kappa shape index (κ1) is 17.9. The number of aromatic nitrogens is 4. The van der Waals surface area contributed by atoms with Crippen LogP contribution in [0.25, 0.3) is 0 Å². The van der Waals surface area contributed by atoms with Crippen molar-refractivity contribution >= 4 is 68.3 Å². The number of thioether (sulfide) groups is 2. The zero-order valence-corrected chi connectivity index (χ0v) is 15.4. The van der Waals surface area contributed by atoms with Gasteiger partial charge in [-0.1, -0.05) is 46.2 Å². The van der Waals surface area contributed by atoms with Crippen LogP contribution in [0.1, 0.15) is 13.8 Å². The van der Waals surface area contributed by atoms with Crippen molar-refractivity contribution in [1.29, 1.82) is 0 Å². The molecule has 0 saturated heterocycles. The van der Waals surface area contributed by atoms with Crippen molar-refractivity contribution in [3.05, 3.63) is 0 Å². The lowest BCUT2D eigenvalue weighted by atomic mass is 10.2. The minimum Gasteiger partial charge on any atom is -0.374 e. The van der Waals surface area contributed by atoms with Gasteiger partial charge in [0.05, 0.1) is 10.5 Å². The van der Waals surface area contributed by atoms with Gasteiger partial charge in [-0.05, 0) is 13.8 Å². The lowest BCUT2D eigenvalue weighted by Crippen LogP contribution is -2.33. The Bertz CT molecular complexity index is 714. The topological polar surface area (TPSA) is 150 Å². The van der Waals surface area contributed by atoms with Crippen molar-refractivity contribution in [2.24, 2.45) is 5.73 Å². The lowest BCUT2D eigenvalue weighted by molar-refractivity contribution is -0.117. The summed E-state index contributed by atoms with van der Waals surface area (Å²) in [4.78, 5) is 23.1. The summed E-state index contributed by atoms with van der Waals surface area (Å²) in [5.74, 6) is -0.578. The van der Waals surface area contributed by atoms with Crippen LogP contribution in [0.5, 0.6) is 0 Å². The van der Waals surface area contributed by atoms with E-state index in [2.05, 4.69) is 25.7 Å². The molecule has 2 aromatic rings. The predicted octanol–water partition coefficient (Wildman–Crippen LogP) is 1.06. The average molecular weight is 392 g/mol. The second-order valence-corrected chi connectivity index (χ2v) is 9.68. The van der Waals surface area contributed by atoms with Crippen LogP contribution in [0.4, 0.5) is 10.3 Å². The Balaban J connectivity index is 1.96. The minimum absolute atomic E-state index is 0.113. The highest BCUT2D eigenvalue weighted by Gasteiger charge is 2.31. The molecule has 2 heterocycles. The molecule has 0 aliphatic rings. The van der Waals surface area contributed by atoms with Gasteiger partial charge in [0.25, 0.3) is 0 Å². The molecule has 0 atom stereocenters. The van der Waals surface area contributed by atoms with Gasteiger partial charge in [-0.25, -0.2) is 0 Å². The monoisotopic (exact) mass is 391 g/mol. The van der Waals surface area contributed by atoms with Crippen molar-refractivity contribution in [2.75, 3.05) is 16.8 Å². The molecule has 0 saturated carbocycles. The van der Waals surface area contributed by atoms with E-state index in [0.717, 1.165) is 0 Å². The maximum absolute atomic E-state index is 12.4. The molecule has 124 valence electrons. The predicted molar refractivity (Wildman–Crippen MR) is 92.7 cm³/mol. The number of nitrogens with two attached hydrogens (primary N) is 2. The Labute approximate surface area is 148 Å². The SMILES string of the molecule is CC(C)(Sc1nnc(N)s1)C(=O)Nc1nnc(SCC(N)=O)s1. The van der Waals surface area contributed by atoms with Gasteiger partial charge < -0.3 is 11.5 Å². The van der Waals surface area contributed by atoms with Crippen LogP contribution in [0.2, 0.25) is 0 Å². The molecule has 0 aliphatic heterocycles. The maximum Gasteiger partial charge on any atom is 0.242 e. The number of rotatable bonds is 7. The highest BCUT2D eigenvalue weighted by atomic mass is 32.2. The normalized spacial score (nSPS) is 11.4. The molecule has 0 unspecified atom stereocenters. The Morgan fingerprint density at radius 1 is 1.17 bits per heavy atom. The fourth-order valence-electron chi connectivity index (χ4n) is 1.23. The number of hydrogen-bond acceptors (Lipinski definition) is 11. The van der Waals surface area contributed by atoms with Gasteiger partial charge in [0.15, 0.2) is 8.68 Å². The van der Waals surface area contributed by atoms with E-state index in [1.807, 2.05) is 0 Å². The second-order valence-electron chi connectivity index (χ2n) is 4.60. The van der Waals surface area contributed by atoms with Crippen LogP contribution < -0.4 is 16.8 Å². The van der Waals surface area contributed by atoms with Crippen molar-refractivity contribution < 1.29 is 9.59 Å². The molecule has 23 heavy (non-hydrogen) atoms. The molecule has 0 radical (unpaired) electrons. The van der Waals surface area contributed by atoms with E-state index in [1.54, 1.807) is 13.8 Å². The van der Waals surface area contributed by atoms with Crippen molar-refractivity contribution in [3.63, 3.8) is 0 Å². The Hall–Kier alpha value is -1.44. The van der Waals surface area contributed by atoms with E-state index in [-0.39, 0.29) is 11.7 Å². The molecule has 2 aromatic heterocycles. The first-order chi connectivity index (χ1) is 10.8. The van der Waals surface area contributed by atoms with Crippen LogP contribution in [0.3, 0.4) is 0 Å². The average Bonchev–Trinajstić information content (AvgIpc) is 3.05. The summed E-state index contributed by atoms with van der Waals surface area (Å²) in [7, 11) is 0. The summed E-state index contributed by atoms with van der Waals surface area (Å²) >= 11 is 4.82. The number of carbonyl (C=O) groups is 2. The number of nitrogens with zero attached hydrogens (tertiary/aromatic N) is 4. The van der Waals surface area contributed by atoms with Gasteiger partial charge >= 0.3 is 0 Å². The fourth-order valence-corrected chi connectivity index (χ4v) is 4.76. The molecule has 5 N–H and O–H groups in total. The van der Waals surface area contributed by atoms with Crippen molar-refractivity contribution in [2.45, 2.75) is 27.3 Å². The van der Waals surface area contributed by atoms with Crippen LogP contribution >= 0.6 is 46.2 Å². The van der Waals surface area contributed by atoms with Gasteiger partial charge in [0, 0.05) is 0 Å². The zero-order valence-electron chi connectivity index (χ0n) is 12.1. The Kier molecular flexibility index (Phi) is 5.78. The molecular formula is C10H13N7O2S4. The molecule has 13 heteroatoms. The number of nitrogens with one attached hydrogen (secondary N) is 1. The third-order valence-electron chi connectivity index (χ3n) is 2.28. The molecular weight excluding hydrogens is 378 g/mol. The smallest absolute Gasteiger partial charge is 0.242 e. The van der Waals surface area contributed by atoms with E-state index in [9.17, 15) is 9.59 Å². The standard InChI is InChI=1S/C10H13N7O2S4/c1-10(2,23-9-17-14-6(12)21-9)5(19)13-7-15-16-8(22-7)20-3-4(11)18/h3H2,1-2H3,(H2,11,18)(H2,12,14)(H,13,15,19). The third kappa shape index (κ3) is 5.30. The van der Waals surface area contributed by atoms with E-state index in [0.29, 0.717) is 18.9 Å². The van der Waals surface area contributed by atoms with Gasteiger partial charge in [-0.2, -0.15) is 0 Å². The maximum atomic E-state index is 12.4. The van der Waals surface area contributed by atoms with E-state index in [4.69, 9.17) is 11.5 Å². The highest BCUT2D eigenvalue weighted by Crippen LogP contribution is 2.36. The first-order valence-electron chi connectivity index (χ1n) is 6.10. The highest BCUT2D eigenvalue weighted by molar-refractivity contribution is 8.03. The number of nitrogen functional groups attached to an aromatic ring is 1. The van der Waals surface area contributed by atoms with Crippen molar-refractivity contribution in [3.8, 4) is 0 Å². The van der Waals surface area contributed by atoms with Crippen LogP contribution in [-0.4, -0.2) is 42.7 Å². The van der Waals surface area contributed by atoms with E-state index in [1.165, 1.54) is 46.2 Å². The zero-order chi connectivity index (χ0) is 17.0.